The average Bonchev–Trinajstić information content (AvgIpc) is 2.69. The Morgan fingerprint density at radius 1 is 1.11 bits per heavy atom. The van der Waals surface area contributed by atoms with Gasteiger partial charge in [0, 0.05) is 12.5 Å². The van der Waals surface area contributed by atoms with E-state index in [9.17, 15) is 0 Å². The van der Waals surface area contributed by atoms with Crippen LogP contribution in [0.1, 0.15) is 22.6 Å². The minimum absolute atomic E-state index is 0.411. The normalized spacial score (nSPS) is 18.5. The zero-order valence-corrected chi connectivity index (χ0v) is 11.2. The average molecular weight is 253 g/mol. The van der Waals surface area contributed by atoms with Gasteiger partial charge in [0.15, 0.2) is 0 Å². The van der Waals surface area contributed by atoms with Crippen molar-refractivity contribution in [3.63, 3.8) is 0 Å². The molecule has 1 aliphatic rings. The summed E-state index contributed by atoms with van der Waals surface area (Å²) in [5.41, 5.74) is 4.20. The summed E-state index contributed by atoms with van der Waals surface area (Å²) in [6.07, 6.45) is 1.09. The van der Waals surface area contributed by atoms with Crippen LogP contribution in [0.4, 0.5) is 0 Å². The first-order chi connectivity index (χ1) is 9.38. The topological polar surface area (TPSA) is 21.3 Å². The molecule has 98 valence electrons. The minimum Gasteiger partial charge on any atom is -0.497 e. The molecule has 0 radical (unpaired) electrons. The van der Waals surface area contributed by atoms with E-state index in [0.29, 0.717) is 5.92 Å². The number of rotatable bonds is 2. The lowest BCUT2D eigenvalue weighted by atomic mass is 9.88. The lowest BCUT2D eigenvalue weighted by molar-refractivity contribution is 0.414. The molecule has 0 unspecified atom stereocenters. The van der Waals surface area contributed by atoms with E-state index in [-0.39, 0.29) is 0 Å². The molecule has 3 rings (SSSR count). The monoisotopic (exact) mass is 253 g/mol. The molecule has 2 aromatic carbocycles. The molecule has 0 bridgehead atoms. The van der Waals surface area contributed by atoms with Gasteiger partial charge >= 0.3 is 0 Å². The molecule has 0 saturated carbocycles. The van der Waals surface area contributed by atoms with Crippen molar-refractivity contribution in [2.75, 3.05) is 20.2 Å². The Morgan fingerprint density at radius 3 is 2.74 bits per heavy atom. The van der Waals surface area contributed by atoms with Crippen LogP contribution in [0.15, 0.2) is 48.5 Å². The maximum Gasteiger partial charge on any atom is 0.119 e. The summed E-state index contributed by atoms with van der Waals surface area (Å²) in [4.78, 5) is 0. The van der Waals surface area contributed by atoms with E-state index in [2.05, 4.69) is 53.8 Å². The highest BCUT2D eigenvalue weighted by molar-refractivity contribution is 5.43. The van der Waals surface area contributed by atoms with Gasteiger partial charge in [0.25, 0.3) is 0 Å². The van der Waals surface area contributed by atoms with E-state index in [1.807, 2.05) is 0 Å². The van der Waals surface area contributed by atoms with Crippen LogP contribution in [-0.2, 0) is 6.42 Å². The first kappa shape index (κ1) is 12.2. The molecule has 2 nitrogen and oxygen atoms in total. The molecule has 0 aromatic heterocycles. The maximum atomic E-state index is 5.38. The van der Waals surface area contributed by atoms with Gasteiger partial charge in [-0.05, 0) is 41.8 Å². The van der Waals surface area contributed by atoms with Crippen molar-refractivity contribution in [3.8, 4) is 5.75 Å². The third-order valence-corrected chi connectivity index (χ3v) is 3.85. The fourth-order valence-electron chi connectivity index (χ4n) is 2.81. The summed E-state index contributed by atoms with van der Waals surface area (Å²) in [5, 5.41) is 3.54. The second-order valence-electron chi connectivity index (χ2n) is 4.98. The number of hydrogen-bond acceptors (Lipinski definition) is 2. The van der Waals surface area contributed by atoms with Crippen molar-refractivity contribution in [2.45, 2.75) is 12.3 Å². The summed E-state index contributed by atoms with van der Waals surface area (Å²) in [7, 11) is 1.73. The van der Waals surface area contributed by atoms with Gasteiger partial charge in [0.05, 0.1) is 7.11 Å². The second kappa shape index (κ2) is 5.45. The number of nitrogens with one attached hydrogen (secondary N) is 1. The van der Waals surface area contributed by atoms with Crippen LogP contribution in [0.2, 0.25) is 0 Å². The highest BCUT2D eigenvalue weighted by Gasteiger charge is 2.20. The number of methoxy groups -OCH3 is 1. The molecule has 1 N–H and O–H groups in total. The van der Waals surface area contributed by atoms with E-state index < -0.39 is 0 Å². The highest BCUT2D eigenvalue weighted by Crippen LogP contribution is 2.31. The van der Waals surface area contributed by atoms with E-state index in [1.165, 1.54) is 16.7 Å². The van der Waals surface area contributed by atoms with Crippen LogP contribution in [-0.4, -0.2) is 20.2 Å². The van der Waals surface area contributed by atoms with Crippen LogP contribution >= 0.6 is 0 Å². The smallest absolute Gasteiger partial charge is 0.119 e. The zero-order chi connectivity index (χ0) is 13.1. The van der Waals surface area contributed by atoms with Crippen LogP contribution in [0.3, 0.4) is 0 Å². The molecule has 0 spiro atoms. The Kier molecular flexibility index (Phi) is 3.51. The zero-order valence-electron chi connectivity index (χ0n) is 11.2. The number of fused-ring (bicyclic) bond motifs is 1. The standard InChI is InChI=1S/C17H19NO/c1-19-15-8-7-14-9-10-18-12-17(16(14)11-15)13-5-3-2-4-6-13/h2-8,11,17-18H,9-10,12H2,1H3/t17-/m0/s1. The van der Waals surface area contributed by atoms with Gasteiger partial charge in [-0.1, -0.05) is 36.4 Å². The lowest BCUT2D eigenvalue weighted by Gasteiger charge is -2.19. The summed E-state index contributed by atoms with van der Waals surface area (Å²) in [5.74, 6) is 1.36. The highest BCUT2D eigenvalue weighted by atomic mass is 16.5. The predicted octanol–water partition coefficient (Wildman–Crippen LogP) is 2.97. The molecular formula is C17H19NO. The summed E-state index contributed by atoms with van der Waals surface area (Å²) < 4.78 is 5.38. The molecule has 2 aromatic rings. The van der Waals surface area contributed by atoms with Crippen molar-refractivity contribution >= 4 is 0 Å². The fraction of sp³-hybridized carbons (Fsp3) is 0.294. The molecule has 1 heterocycles. The van der Waals surface area contributed by atoms with Crippen molar-refractivity contribution in [1.82, 2.24) is 5.32 Å². The number of benzene rings is 2. The van der Waals surface area contributed by atoms with Gasteiger partial charge in [0.2, 0.25) is 0 Å². The predicted molar refractivity (Wildman–Crippen MR) is 77.9 cm³/mol. The van der Waals surface area contributed by atoms with Gasteiger partial charge in [-0.15, -0.1) is 0 Å². The van der Waals surface area contributed by atoms with E-state index in [1.54, 1.807) is 7.11 Å². The molecule has 2 heteroatoms. The van der Waals surface area contributed by atoms with Crippen LogP contribution in [0, 0.1) is 0 Å². The largest absolute Gasteiger partial charge is 0.497 e. The molecule has 1 aliphatic heterocycles. The lowest BCUT2D eigenvalue weighted by Crippen LogP contribution is -2.20. The summed E-state index contributed by atoms with van der Waals surface area (Å²) in [6, 6.07) is 17.2. The van der Waals surface area contributed by atoms with Crippen molar-refractivity contribution in [1.29, 1.82) is 0 Å². The van der Waals surface area contributed by atoms with E-state index in [4.69, 9.17) is 4.74 Å². The first-order valence-electron chi connectivity index (χ1n) is 6.81. The fourth-order valence-corrected chi connectivity index (χ4v) is 2.81. The Balaban J connectivity index is 2.07. The molecule has 0 aliphatic carbocycles. The third-order valence-electron chi connectivity index (χ3n) is 3.85. The molecular weight excluding hydrogens is 234 g/mol. The SMILES string of the molecule is COc1ccc2c(c1)[C@H](c1ccccc1)CNCC2. The Hall–Kier alpha value is -1.80. The summed E-state index contributed by atoms with van der Waals surface area (Å²) in [6.45, 7) is 2.03. The second-order valence-corrected chi connectivity index (χ2v) is 4.98. The molecule has 1 atom stereocenters. The quantitative estimate of drug-likeness (QED) is 0.888. The summed E-state index contributed by atoms with van der Waals surface area (Å²) >= 11 is 0. The van der Waals surface area contributed by atoms with Crippen LogP contribution in [0.25, 0.3) is 0 Å². The molecule has 0 amide bonds. The van der Waals surface area contributed by atoms with Crippen LogP contribution < -0.4 is 10.1 Å². The number of hydrogen-bond donors (Lipinski definition) is 1. The van der Waals surface area contributed by atoms with Crippen molar-refractivity contribution in [2.24, 2.45) is 0 Å². The van der Waals surface area contributed by atoms with E-state index in [0.717, 1.165) is 25.3 Å². The van der Waals surface area contributed by atoms with Crippen LogP contribution in [0.5, 0.6) is 5.75 Å². The van der Waals surface area contributed by atoms with Crippen molar-refractivity contribution in [3.05, 3.63) is 65.2 Å². The third kappa shape index (κ3) is 2.49. The van der Waals surface area contributed by atoms with E-state index >= 15 is 0 Å². The van der Waals surface area contributed by atoms with Gasteiger partial charge < -0.3 is 10.1 Å². The molecule has 19 heavy (non-hydrogen) atoms. The molecule has 0 saturated heterocycles. The van der Waals surface area contributed by atoms with Gasteiger partial charge in [-0.2, -0.15) is 0 Å². The van der Waals surface area contributed by atoms with Gasteiger partial charge in [-0.3, -0.25) is 0 Å². The maximum absolute atomic E-state index is 5.38. The Labute approximate surface area is 114 Å². The Bertz CT molecular complexity index is 550. The minimum atomic E-state index is 0.411. The number of ether oxygens (including phenoxy) is 1. The van der Waals surface area contributed by atoms with Gasteiger partial charge in [-0.25, -0.2) is 0 Å². The Morgan fingerprint density at radius 2 is 1.95 bits per heavy atom. The molecule has 0 fully saturated rings. The van der Waals surface area contributed by atoms with Crippen molar-refractivity contribution < 1.29 is 4.74 Å². The first-order valence-corrected chi connectivity index (χ1v) is 6.81. The van der Waals surface area contributed by atoms with Gasteiger partial charge in [0.1, 0.15) is 5.75 Å².